The van der Waals surface area contributed by atoms with Gasteiger partial charge >= 0.3 is 17.9 Å². The van der Waals surface area contributed by atoms with Crippen molar-refractivity contribution in [3.63, 3.8) is 0 Å². The molecule has 0 N–H and O–H groups in total. The van der Waals surface area contributed by atoms with Gasteiger partial charge in [-0.2, -0.15) is 0 Å². The summed E-state index contributed by atoms with van der Waals surface area (Å²) in [5, 5.41) is 0. The molecule has 0 aromatic carbocycles. The normalized spacial score (nSPS) is 12.3. The van der Waals surface area contributed by atoms with Crippen LogP contribution >= 0.6 is 0 Å². The fourth-order valence-electron chi connectivity index (χ4n) is 9.80. The standard InChI is InChI=1S/C69H126O6/c1-4-7-10-13-15-17-19-21-23-25-27-28-29-30-31-32-33-34-35-36-37-38-39-40-42-43-45-47-49-51-53-56-59-62-68(71)74-65-66(64-73-67(70)61-58-55-12-9-6-3)75-69(72)63-60-57-54-52-50-48-46-44-41-26-24-22-20-18-16-14-11-8-5-2/h19,21-22,24-25,27,29-30,66H,4-18,20,23,26,28,31-65H2,1-3H3/b21-19-,24-22-,27-25-,30-29-. The third kappa shape index (κ3) is 62.1. The van der Waals surface area contributed by atoms with Crippen molar-refractivity contribution in [2.45, 2.75) is 361 Å². The molecule has 0 aliphatic rings. The third-order valence-electron chi connectivity index (χ3n) is 14.8. The van der Waals surface area contributed by atoms with Gasteiger partial charge in [0.25, 0.3) is 0 Å². The summed E-state index contributed by atoms with van der Waals surface area (Å²) in [6, 6.07) is 0. The van der Waals surface area contributed by atoms with E-state index in [9.17, 15) is 14.4 Å². The highest BCUT2D eigenvalue weighted by Crippen LogP contribution is 2.17. The number of hydrogen-bond donors (Lipinski definition) is 0. The fraction of sp³-hybridized carbons (Fsp3) is 0.841. The summed E-state index contributed by atoms with van der Waals surface area (Å²) in [4.78, 5) is 37.9. The summed E-state index contributed by atoms with van der Waals surface area (Å²) >= 11 is 0. The molecular weight excluding hydrogens is 925 g/mol. The highest BCUT2D eigenvalue weighted by molar-refractivity contribution is 5.71. The maximum absolute atomic E-state index is 12.8. The smallest absolute Gasteiger partial charge is 0.306 e. The van der Waals surface area contributed by atoms with Crippen molar-refractivity contribution < 1.29 is 28.6 Å². The molecule has 0 rings (SSSR count). The molecule has 0 amide bonds. The summed E-state index contributed by atoms with van der Waals surface area (Å²) < 4.78 is 16.8. The van der Waals surface area contributed by atoms with E-state index in [1.165, 1.54) is 238 Å². The van der Waals surface area contributed by atoms with Gasteiger partial charge in [-0.15, -0.1) is 0 Å². The maximum atomic E-state index is 12.8. The molecule has 0 fully saturated rings. The zero-order chi connectivity index (χ0) is 54.3. The van der Waals surface area contributed by atoms with Gasteiger partial charge in [0, 0.05) is 19.3 Å². The molecular formula is C69H126O6. The van der Waals surface area contributed by atoms with Crippen molar-refractivity contribution in [2.75, 3.05) is 13.2 Å². The maximum Gasteiger partial charge on any atom is 0.306 e. The van der Waals surface area contributed by atoms with Gasteiger partial charge in [0.05, 0.1) is 0 Å². The molecule has 0 aliphatic carbocycles. The average Bonchev–Trinajstić information content (AvgIpc) is 3.41. The van der Waals surface area contributed by atoms with Gasteiger partial charge in [0.1, 0.15) is 13.2 Å². The predicted octanol–water partition coefficient (Wildman–Crippen LogP) is 22.6. The Hall–Kier alpha value is -2.63. The van der Waals surface area contributed by atoms with E-state index in [4.69, 9.17) is 14.2 Å². The molecule has 6 nitrogen and oxygen atoms in total. The average molecular weight is 1050 g/mol. The monoisotopic (exact) mass is 1050 g/mol. The first kappa shape index (κ1) is 72.4. The summed E-state index contributed by atoms with van der Waals surface area (Å²) in [7, 11) is 0. The number of allylic oxidation sites excluding steroid dienone is 8. The number of rotatable bonds is 61. The molecule has 0 saturated heterocycles. The van der Waals surface area contributed by atoms with Crippen LogP contribution in [0.5, 0.6) is 0 Å². The molecule has 0 bridgehead atoms. The first-order valence-electron chi connectivity index (χ1n) is 33.1. The molecule has 438 valence electrons. The van der Waals surface area contributed by atoms with Crippen molar-refractivity contribution in [3.8, 4) is 0 Å². The summed E-state index contributed by atoms with van der Waals surface area (Å²) in [5.74, 6) is -0.868. The first-order chi connectivity index (χ1) is 37.0. The molecule has 0 radical (unpaired) electrons. The minimum atomic E-state index is -0.768. The lowest BCUT2D eigenvalue weighted by Gasteiger charge is -2.18. The van der Waals surface area contributed by atoms with Crippen LogP contribution in [0.4, 0.5) is 0 Å². The van der Waals surface area contributed by atoms with E-state index in [2.05, 4.69) is 69.4 Å². The lowest BCUT2D eigenvalue weighted by atomic mass is 10.0. The van der Waals surface area contributed by atoms with E-state index in [1.54, 1.807) is 0 Å². The number of hydrogen-bond acceptors (Lipinski definition) is 6. The van der Waals surface area contributed by atoms with Crippen LogP contribution in [0.2, 0.25) is 0 Å². The number of ether oxygens (including phenoxy) is 3. The van der Waals surface area contributed by atoms with Crippen LogP contribution in [0.25, 0.3) is 0 Å². The Morgan fingerprint density at radius 2 is 0.480 bits per heavy atom. The molecule has 1 atom stereocenters. The lowest BCUT2D eigenvalue weighted by Crippen LogP contribution is -2.30. The number of esters is 3. The zero-order valence-corrected chi connectivity index (χ0v) is 50.3. The van der Waals surface area contributed by atoms with Gasteiger partial charge in [-0.3, -0.25) is 14.4 Å². The molecule has 6 heteroatoms. The second-order valence-corrected chi connectivity index (χ2v) is 22.4. The van der Waals surface area contributed by atoms with Crippen LogP contribution in [0.15, 0.2) is 48.6 Å². The molecule has 75 heavy (non-hydrogen) atoms. The predicted molar refractivity (Wildman–Crippen MR) is 325 cm³/mol. The fourth-order valence-corrected chi connectivity index (χ4v) is 9.80. The van der Waals surface area contributed by atoms with E-state index >= 15 is 0 Å². The van der Waals surface area contributed by atoms with Crippen molar-refractivity contribution in [1.82, 2.24) is 0 Å². The van der Waals surface area contributed by atoms with E-state index < -0.39 is 6.10 Å². The molecule has 0 heterocycles. The lowest BCUT2D eigenvalue weighted by molar-refractivity contribution is -0.167. The van der Waals surface area contributed by atoms with Gasteiger partial charge in [-0.1, -0.05) is 301 Å². The van der Waals surface area contributed by atoms with Crippen LogP contribution in [0.3, 0.4) is 0 Å². The summed E-state index contributed by atoms with van der Waals surface area (Å²) in [5.41, 5.74) is 0. The van der Waals surface area contributed by atoms with Gasteiger partial charge in [0.2, 0.25) is 0 Å². The largest absolute Gasteiger partial charge is 0.462 e. The quantitative estimate of drug-likeness (QED) is 0.0261. The van der Waals surface area contributed by atoms with Crippen molar-refractivity contribution >= 4 is 17.9 Å². The van der Waals surface area contributed by atoms with Crippen molar-refractivity contribution in [2.24, 2.45) is 0 Å². The Morgan fingerprint density at radius 1 is 0.267 bits per heavy atom. The van der Waals surface area contributed by atoms with Crippen LogP contribution in [0, 0.1) is 0 Å². The Labute approximate surface area is 467 Å². The molecule has 0 aromatic rings. The van der Waals surface area contributed by atoms with Crippen LogP contribution in [-0.2, 0) is 28.6 Å². The van der Waals surface area contributed by atoms with Gasteiger partial charge in [0.15, 0.2) is 6.10 Å². The molecule has 1 unspecified atom stereocenters. The number of unbranched alkanes of at least 4 members (excludes halogenated alkanes) is 42. The van der Waals surface area contributed by atoms with E-state index in [1.807, 2.05) is 0 Å². The van der Waals surface area contributed by atoms with Gasteiger partial charge < -0.3 is 14.2 Å². The Kier molecular flexibility index (Phi) is 61.7. The van der Waals surface area contributed by atoms with Crippen LogP contribution in [0.1, 0.15) is 355 Å². The molecule has 0 saturated carbocycles. The topological polar surface area (TPSA) is 78.9 Å². The Balaban J connectivity index is 3.93. The van der Waals surface area contributed by atoms with Crippen molar-refractivity contribution in [3.05, 3.63) is 48.6 Å². The molecule has 0 aliphatic heterocycles. The van der Waals surface area contributed by atoms with Gasteiger partial charge in [-0.25, -0.2) is 0 Å². The summed E-state index contributed by atoms with van der Waals surface area (Å²) in [6.07, 6.45) is 80.4. The number of carbonyl (C=O) groups excluding carboxylic acids is 3. The van der Waals surface area contributed by atoms with Gasteiger partial charge in [-0.05, 0) is 83.5 Å². The van der Waals surface area contributed by atoms with E-state index in [-0.39, 0.29) is 31.1 Å². The second kappa shape index (κ2) is 63.9. The molecule has 0 aromatic heterocycles. The SMILES string of the molecule is CCCCCCC/C=C\C/C=C\C/C=C\CCCCCCCCCCCCCCCCCCCCC(=O)OCC(COC(=O)CCCCCCC)OC(=O)CCCCCCCCCCC/C=C\CCCCCCCC. The Bertz CT molecular complexity index is 1300. The second-order valence-electron chi connectivity index (χ2n) is 22.4. The van der Waals surface area contributed by atoms with Crippen LogP contribution in [-0.4, -0.2) is 37.2 Å². The minimum Gasteiger partial charge on any atom is -0.462 e. The third-order valence-corrected chi connectivity index (χ3v) is 14.8. The van der Waals surface area contributed by atoms with Crippen molar-refractivity contribution in [1.29, 1.82) is 0 Å². The highest BCUT2D eigenvalue weighted by Gasteiger charge is 2.19. The highest BCUT2D eigenvalue weighted by atomic mass is 16.6. The van der Waals surface area contributed by atoms with Crippen LogP contribution < -0.4 is 0 Å². The Morgan fingerprint density at radius 3 is 0.760 bits per heavy atom. The summed E-state index contributed by atoms with van der Waals surface area (Å²) in [6.45, 7) is 6.58. The number of carbonyl (C=O) groups is 3. The van der Waals surface area contributed by atoms with E-state index in [0.29, 0.717) is 19.3 Å². The molecule has 0 spiro atoms. The van der Waals surface area contributed by atoms with E-state index in [0.717, 1.165) is 77.0 Å². The minimum absolute atomic E-state index is 0.0701. The first-order valence-corrected chi connectivity index (χ1v) is 33.1. The zero-order valence-electron chi connectivity index (χ0n) is 50.3.